The number of rotatable bonds is 4. The van der Waals surface area contributed by atoms with Crippen LogP contribution in [0.3, 0.4) is 0 Å². The summed E-state index contributed by atoms with van der Waals surface area (Å²) < 4.78 is 0. The van der Waals surface area contributed by atoms with E-state index in [1.807, 2.05) is 0 Å². The van der Waals surface area contributed by atoms with Crippen molar-refractivity contribution in [2.24, 2.45) is 0 Å². The fourth-order valence-corrected chi connectivity index (χ4v) is 2.59. The first-order chi connectivity index (χ1) is 8.31. The van der Waals surface area contributed by atoms with Crippen molar-refractivity contribution in [3.8, 4) is 0 Å². The van der Waals surface area contributed by atoms with Gasteiger partial charge in [-0.15, -0.1) is 0 Å². The molecule has 0 spiro atoms. The smallest absolute Gasteiger partial charge is 0.0396 e. The van der Waals surface area contributed by atoms with Gasteiger partial charge in [0.25, 0.3) is 0 Å². The highest BCUT2D eigenvalue weighted by Gasteiger charge is 2.12. The fourth-order valence-electron chi connectivity index (χ4n) is 2.59. The standard InChI is InChI=1S/C15H24N2/c1-3-16-12-14-7-8-15(13(2)11-14)17-9-5-4-6-10-17/h7-8,11,16H,3-6,9-10,12H2,1-2H3. The van der Waals surface area contributed by atoms with Gasteiger partial charge in [-0.2, -0.15) is 0 Å². The van der Waals surface area contributed by atoms with Crippen LogP contribution in [0.1, 0.15) is 37.3 Å². The summed E-state index contributed by atoms with van der Waals surface area (Å²) in [4.78, 5) is 2.54. The van der Waals surface area contributed by atoms with E-state index in [-0.39, 0.29) is 0 Å². The predicted octanol–water partition coefficient (Wildman–Crippen LogP) is 3.09. The second kappa shape index (κ2) is 6.06. The SMILES string of the molecule is CCNCc1ccc(N2CCCCC2)c(C)c1. The Bertz CT molecular complexity index is 354. The van der Waals surface area contributed by atoms with Crippen molar-refractivity contribution >= 4 is 5.69 Å². The van der Waals surface area contributed by atoms with Gasteiger partial charge in [0.05, 0.1) is 0 Å². The zero-order valence-electron chi connectivity index (χ0n) is 11.1. The Labute approximate surface area is 105 Å². The number of hydrogen-bond acceptors (Lipinski definition) is 2. The van der Waals surface area contributed by atoms with Crippen LogP contribution in [0, 0.1) is 6.92 Å². The largest absolute Gasteiger partial charge is 0.371 e. The van der Waals surface area contributed by atoms with Crippen LogP contribution in [0.15, 0.2) is 18.2 Å². The summed E-state index contributed by atoms with van der Waals surface area (Å²) >= 11 is 0. The van der Waals surface area contributed by atoms with Crippen molar-refractivity contribution in [1.29, 1.82) is 0 Å². The molecular weight excluding hydrogens is 208 g/mol. The van der Waals surface area contributed by atoms with E-state index in [0.717, 1.165) is 13.1 Å². The highest BCUT2D eigenvalue weighted by molar-refractivity contribution is 5.54. The zero-order chi connectivity index (χ0) is 12.1. The molecule has 1 aliphatic rings. The van der Waals surface area contributed by atoms with Crippen LogP contribution in [0.25, 0.3) is 0 Å². The number of hydrogen-bond donors (Lipinski definition) is 1. The fraction of sp³-hybridized carbons (Fsp3) is 0.600. The molecule has 2 heteroatoms. The molecule has 0 saturated carbocycles. The van der Waals surface area contributed by atoms with E-state index in [1.54, 1.807) is 0 Å². The molecule has 0 bridgehead atoms. The Balaban J connectivity index is 2.07. The summed E-state index contributed by atoms with van der Waals surface area (Å²) in [5, 5.41) is 3.38. The van der Waals surface area contributed by atoms with E-state index in [0.29, 0.717) is 0 Å². The molecule has 1 aliphatic heterocycles. The molecule has 2 nitrogen and oxygen atoms in total. The summed E-state index contributed by atoms with van der Waals surface area (Å²) in [6, 6.07) is 6.89. The molecule has 0 aromatic heterocycles. The lowest BCUT2D eigenvalue weighted by Crippen LogP contribution is -2.30. The molecule has 1 aromatic carbocycles. The molecule has 1 fully saturated rings. The average molecular weight is 232 g/mol. The normalized spacial score (nSPS) is 16.2. The molecule has 1 heterocycles. The van der Waals surface area contributed by atoms with Gasteiger partial charge in [-0.3, -0.25) is 0 Å². The second-order valence-electron chi connectivity index (χ2n) is 4.95. The van der Waals surface area contributed by atoms with Crippen LogP contribution >= 0.6 is 0 Å². The van der Waals surface area contributed by atoms with Crippen molar-refractivity contribution < 1.29 is 0 Å². The molecule has 0 amide bonds. The first-order valence-corrected chi connectivity index (χ1v) is 6.86. The summed E-state index contributed by atoms with van der Waals surface area (Å²) in [6.45, 7) is 8.86. The first-order valence-electron chi connectivity index (χ1n) is 6.86. The topological polar surface area (TPSA) is 15.3 Å². The van der Waals surface area contributed by atoms with Gasteiger partial charge < -0.3 is 10.2 Å². The number of nitrogens with zero attached hydrogens (tertiary/aromatic N) is 1. The molecular formula is C15H24N2. The quantitative estimate of drug-likeness (QED) is 0.858. The minimum absolute atomic E-state index is 0.984. The van der Waals surface area contributed by atoms with Crippen molar-refractivity contribution in [1.82, 2.24) is 5.32 Å². The van der Waals surface area contributed by atoms with Crippen molar-refractivity contribution in [3.63, 3.8) is 0 Å². The van der Waals surface area contributed by atoms with Crippen LogP contribution in [0.2, 0.25) is 0 Å². The molecule has 94 valence electrons. The Kier molecular flexibility index (Phi) is 4.43. The lowest BCUT2D eigenvalue weighted by molar-refractivity contribution is 0.577. The van der Waals surface area contributed by atoms with Gasteiger partial charge in [-0.1, -0.05) is 19.1 Å². The Hall–Kier alpha value is -1.02. The first kappa shape index (κ1) is 12.4. The minimum atomic E-state index is 0.984. The van der Waals surface area contributed by atoms with Gasteiger partial charge in [-0.25, -0.2) is 0 Å². The summed E-state index contributed by atoms with van der Waals surface area (Å²) in [5.74, 6) is 0. The number of nitrogens with one attached hydrogen (secondary N) is 1. The third-order valence-corrected chi connectivity index (χ3v) is 3.54. The zero-order valence-corrected chi connectivity index (χ0v) is 11.1. The molecule has 0 unspecified atom stereocenters. The van der Waals surface area contributed by atoms with E-state index in [9.17, 15) is 0 Å². The molecule has 17 heavy (non-hydrogen) atoms. The summed E-state index contributed by atoms with van der Waals surface area (Å²) in [7, 11) is 0. The monoisotopic (exact) mass is 232 g/mol. The highest BCUT2D eigenvalue weighted by atomic mass is 15.1. The molecule has 1 N–H and O–H groups in total. The number of anilines is 1. The number of aryl methyl sites for hydroxylation is 1. The van der Waals surface area contributed by atoms with E-state index < -0.39 is 0 Å². The third-order valence-electron chi connectivity index (χ3n) is 3.54. The van der Waals surface area contributed by atoms with Gasteiger partial charge >= 0.3 is 0 Å². The van der Waals surface area contributed by atoms with Crippen molar-refractivity contribution in [3.05, 3.63) is 29.3 Å². The van der Waals surface area contributed by atoms with Gasteiger partial charge in [0.15, 0.2) is 0 Å². The minimum Gasteiger partial charge on any atom is -0.371 e. The molecule has 0 aliphatic carbocycles. The lowest BCUT2D eigenvalue weighted by Gasteiger charge is -2.30. The average Bonchev–Trinajstić information content (AvgIpc) is 2.37. The second-order valence-corrected chi connectivity index (χ2v) is 4.95. The highest BCUT2D eigenvalue weighted by Crippen LogP contribution is 2.24. The van der Waals surface area contributed by atoms with Crippen LogP contribution in [-0.4, -0.2) is 19.6 Å². The third kappa shape index (κ3) is 3.22. The van der Waals surface area contributed by atoms with Crippen LogP contribution in [0.4, 0.5) is 5.69 Å². The summed E-state index contributed by atoms with van der Waals surface area (Å²) in [5.41, 5.74) is 4.25. The molecule has 1 aromatic rings. The maximum atomic E-state index is 3.38. The van der Waals surface area contributed by atoms with Gasteiger partial charge in [0.2, 0.25) is 0 Å². The van der Waals surface area contributed by atoms with Gasteiger partial charge in [0, 0.05) is 25.3 Å². The van der Waals surface area contributed by atoms with E-state index in [1.165, 1.54) is 49.2 Å². The Morgan fingerprint density at radius 1 is 1.18 bits per heavy atom. The Morgan fingerprint density at radius 2 is 1.94 bits per heavy atom. The maximum absolute atomic E-state index is 3.38. The van der Waals surface area contributed by atoms with Crippen LogP contribution in [0.5, 0.6) is 0 Å². The van der Waals surface area contributed by atoms with Crippen molar-refractivity contribution in [2.45, 2.75) is 39.7 Å². The molecule has 0 atom stereocenters. The Morgan fingerprint density at radius 3 is 2.59 bits per heavy atom. The van der Waals surface area contributed by atoms with E-state index in [4.69, 9.17) is 0 Å². The predicted molar refractivity (Wildman–Crippen MR) is 74.6 cm³/mol. The number of piperidine rings is 1. The lowest BCUT2D eigenvalue weighted by atomic mass is 10.1. The maximum Gasteiger partial charge on any atom is 0.0396 e. The van der Waals surface area contributed by atoms with E-state index in [2.05, 4.69) is 42.3 Å². The van der Waals surface area contributed by atoms with Crippen molar-refractivity contribution in [2.75, 3.05) is 24.5 Å². The molecule has 0 radical (unpaired) electrons. The molecule has 1 saturated heterocycles. The van der Waals surface area contributed by atoms with Gasteiger partial charge in [0.1, 0.15) is 0 Å². The summed E-state index contributed by atoms with van der Waals surface area (Å²) in [6.07, 6.45) is 4.09. The van der Waals surface area contributed by atoms with Crippen LogP contribution < -0.4 is 10.2 Å². The number of benzene rings is 1. The van der Waals surface area contributed by atoms with Gasteiger partial charge in [-0.05, 0) is 49.9 Å². The van der Waals surface area contributed by atoms with Crippen LogP contribution in [-0.2, 0) is 6.54 Å². The molecule has 2 rings (SSSR count). The van der Waals surface area contributed by atoms with E-state index >= 15 is 0 Å².